The first-order valence-corrected chi connectivity index (χ1v) is 43.7. The van der Waals surface area contributed by atoms with Crippen LogP contribution in [0.1, 0.15) is 0 Å². The van der Waals surface area contributed by atoms with Gasteiger partial charge < -0.3 is 13.7 Å². The third-order valence-electron chi connectivity index (χ3n) is 25.2. The Hall–Kier alpha value is -17.4. The predicted octanol–water partition coefficient (Wildman–Crippen LogP) is 30.8. The Balaban J connectivity index is 0.000000109. The Kier molecular flexibility index (Phi) is 18.7. The SMILES string of the molecule is c1ccc(-c2cc(-c3ccc(-n4c5cccc6ccc7cccc4c7c65)cc3)nc(-c3ccccc3)n2)cc1.c1ccc(-c2ccc(-c3cc(-c4ccc(-c5ccccc5)cc4)nc(-c4ccc(-n5c6cccc7ccc8cccc5c8c76)cc4)c3)cc2)cc1.c1ccc(-c2nc(-c3ccccc3)nc(-c3ccc(-n4c5cccc6ccc7cccc4c7c65)cc3)n2)cc1. The van der Waals surface area contributed by atoms with E-state index in [0.29, 0.717) is 17.5 Å². The van der Waals surface area contributed by atoms with Crippen LogP contribution in [0.3, 0.4) is 0 Å². The minimum atomic E-state index is 0.656. The molecule has 26 aromatic rings. The maximum atomic E-state index is 5.28. The standard InChI is InChI=1S/C49H32N2.C36H23N3.C35H22N4/c1-3-9-33(10-4-1)35-17-19-37(20-18-35)42-31-44(38-23-21-36(22-24-38)34-11-5-2-6-12-34)50-45(32-42)39-27-29-43(30-28-39)51-46-15-7-13-40-25-26-41-14-8-16-47(51)49(41)48(40)46;1-3-9-24(10-4-1)30-23-31(38-36(37-30)28-11-5-2-6-12-28)25-19-21-29(22-20-25)39-32-15-7-13-26-17-18-27-14-8-16-33(39)35(27)34(26)32;1-3-9-25(10-4-1)33-36-34(26-11-5-2-6-12-26)38-35(37-33)27-19-21-28(22-20-27)39-29-15-7-13-23-17-18-24-14-8-16-30(39)32(24)31(23)29/h1-32H;1-23H;1-22H. The van der Waals surface area contributed by atoms with Gasteiger partial charge in [-0.05, 0) is 169 Å². The lowest BCUT2D eigenvalue weighted by Gasteiger charge is -2.13. The summed E-state index contributed by atoms with van der Waals surface area (Å²) in [7, 11) is 0. The average molecular weight is 1640 g/mol. The molecular weight excluding hydrogens is 1570 g/mol. The van der Waals surface area contributed by atoms with Crippen molar-refractivity contribution < 1.29 is 0 Å². The number of nitrogens with zero attached hydrogens (tertiary/aromatic N) is 9. The first-order valence-electron chi connectivity index (χ1n) is 43.7. The summed E-state index contributed by atoms with van der Waals surface area (Å²) in [5.74, 6) is 2.71. The van der Waals surface area contributed by atoms with Gasteiger partial charge in [0.15, 0.2) is 23.3 Å². The molecule has 0 bridgehead atoms. The fourth-order valence-corrected chi connectivity index (χ4v) is 19.0. The van der Waals surface area contributed by atoms with Gasteiger partial charge in [-0.2, -0.15) is 0 Å². The largest absolute Gasteiger partial charge is 0.309 e. The van der Waals surface area contributed by atoms with Crippen molar-refractivity contribution in [1.82, 2.24) is 43.6 Å². The van der Waals surface area contributed by atoms with Gasteiger partial charge in [-0.25, -0.2) is 29.9 Å². The van der Waals surface area contributed by atoms with Crippen LogP contribution in [0.4, 0.5) is 0 Å². The predicted molar refractivity (Wildman–Crippen MR) is 535 cm³/mol. The van der Waals surface area contributed by atoms with Gasteiger partial charge in [0.1, 0.15) is 0 Å². The molecule has 9 heteroatoms. The van der Waals surface area contributed by atoms with Crippen molar-refractivity contribution in [2.75, 3.05) is 0 Å². The molecule has 0 unspecified atom stereocenters. The molecule has 0 saturated carbocycles. The van der Waals surface area contributed by atoms with Crippen LogP contribution < -0.4 is 0 Å². The lowest BCUT2D eigenvalue weighted by Crippen LogP contribution is -2.00. The second-order valence-corrected chi connectivity index (χ2v) is 32.8. The minimum absolute atomic E-state index is 0.656. The Bertz CT molecular complexity index is 7850. The van der Waals surface area contributed by atoms with Crippen molar-refractivity contribution in [2.24, 2.45) is 0 Å². The number of aromatic nitrogens is 9. The normalized spacial score (nSPS) is 11.6. The fourth-order valence-electron chi connectivity index (χ4n) is 19.0. The van der Waals surface area contributed by atoms with Crippen LogP contribution >= 0.6 is 0 Å². The fraction of sp³-hybridized carbons (Fsp3) is 0. The van der Waals surface area contributed by atoms with E-state index in [2.05, 4.69) is 384 Å². The van der Waals surface area contributed by atoms with E-state index in [1.54, 1.807) is 0 Å². The number of pyridine rings is 1. The summed E-state index contributed by atoms with van der Waals surface area (Å²) in [6.07, 6.45) is 0. The van der Waals surface area contributed by atoms with E-state index < -0.39 is 0 Å². The molecule has 0 amide bonds. The smallest absolute Gasteiger partial charge is 0.164 e. The highest BCUT2D eigenvalue weighted by Gasteiger charge is 2.23. The van der Waals surface area contributed by atoms with Gasteiger partial charge in [0.25, 0.3) is 0 Å². The molecule has 9 nitrogen and oxygen atoms in total. The zero-order valence-corrected chi connectivity index (χ0v) is 70.0. The molecule has 6 heterocycles. The lowest BCUT2D eigenvalue weighted by molar-refractivity contribution is 1.07. The second-order valence-electron chi connectivity index (χ2n) is 32.8. The van der Waals surface area contributed by atoms with Crippen LogP contribution in [-0.2, 0) is 0 Å². The van der Waals surface area contributed by atoms with Crippen molar-refractivity contribution in [2.45, 2.75) is 0 Å². The van der Waals surface area contributed by atoms with Gasteiger partial charge in [0.2, 0.25) is 0 Å². The third-order valence-corrected chi connectivity index (χ3v) is 25.2. The van der Waals surface area contributed by atoms with E-state index in [0.717, 1.165) is 101 Å². The molecule has 0 aliphatic carbocycles. The summed E-state index contributed by atoms with van der Waals surface area (Å²) in [4.78, 5) is 29.8. The zero-order chi connectivity index (χ0) is 85.2. The molecule has 129 heavy (non-hydrogen) atoms. The van der Waals surface area contributed by atoms with Crippen LogP contribution in [0, 0.1) is 0 Å². The van der Waals surface area contributed by atoms with Crippen LogP contribution in [0.2, 0.25) is 0 Å². The molecule has 0 aliphatic rings. The molecule has 602 valence electrons. The topological polar surface area (TPSA) is 92.1 Å². The van der Waals surface area contributed by atoms with E-state index in [1.165, 1.54) is 120 Å². The monoisotopic (exact) mass is 1640 g/mol. The highest BCUT2D eigenvalue weighted by Crippen LogP contribution is 2.45. The molecule has 0 aliphatic heterocycles. The first kappa shape index (κ1) is 75.4. The van der Waals surface area contributed by atoms with Crippen LogP contribution in [0.15, 0.2) is 467 Å². The van der Waals surface area contributed by atoms with Crippen molar-refractivity contribution in [3.8, 4) is 141 Å². The molecule has 0 fully saturated rings. The van der Waals surface area contributed by atoms with Gasteiger partial charge in [0, 0.05) is 93.9 Å². The van der Waals surface area contributed by atoms with Gasteiger partial charge in [-0.3, -0.25) is 0 Å². The van der Waals surface area contributed by atoms with Gasteiger partial charge in [0.05, 0.1) is 55.9 Å². The Labute approximate surface area is 744 Å². The van der Waals surface area contributed by atoms with Gasteiger partial charge >= 0.3 is 0 Å². The number of hydrogen-bond donors (Lipinski definition) is 0. The summed E-state index contributed by atoms with van der Waals surface area (Å²) in [6.45, 7) is 0. The van der Waals surface area contributed by atoms with E-state index in [9.17, 15) is 0 Å². The van der Waals surface area contributed by atoms with E-state index in [1.807, 2.05) is 97.1 Å². The lowest BCUT2D eigenvalue weighted by atomic mass is 9.97. The molecule has 0 spiro atoms. The third kappa shape index (κ3) is 13.8. The number of benzene rings is 20. The van der Waals surface area contributed by atoms with Crippen molar-refractivity contribution >= 4 is 97.7 Å². The highest BCUT2D eigenvalue weighted by molar-refractivity contribution is 6.26. The maximum absolute atomic E-state index is 5.28. The second kappa shape index (κ2) is 32.0. The maximum Gasteiger partial charge on any atom is 0.164 e. The zero-order valence-electron chi connectivity index (χ0n) is 70.0. The number of rotatable bonds is 14. The summed E-state index contributed by atoms with van der Waals surface area (Å²) in [5.41, 5.74) is 29.7. The molecular formula is C120H77N9. The summed E-state index contributed by atoms with van der Waals surface area (Å²) < 4.78 is 7.12. The average Bonchev–Trinajstić information content (AvgIpc) is 1.58. The van der Waals surface area contributed by atoms with E-state index >= 15 is 0 Å². The van der Waals surface area contributed by atoms with Crippen molar-refractivity contribution in [3.63, 3.8) is 0 Å². The molecule has 0 radical (unpaired) electrons. The minimum Gasteiger partial charge on any atom is -0.309 e. The van der Waals surface area contributed by atoms with Gasteiger partial charge in [-0.15, -0.1) is 0 Å². The summed E-state index contributed by atoms with van der Waals surface area (Å²) in [6, 6.07) is 165. The molecule has 0 saturated heterocycles. The summed E-state index contributed by atoms with van der Waals surface area (Å²) in [5, 5.41) is 15.5. The summed E-state index contributed by atoms with van der Waals surface area (Å²) >= 11 is 0. The van der Waals surface area contributed by atoms with E-state index in [-0.39, 0.29) is 0 Å². The van der Waals surface area contributed by atoms with Crippen molar-refractivity contribution in [1.29, 1.82) is 0 Å². The molecule has 26 rings (SSSR count). The van der Waals surface area contributed by atoms with E-state index in [4.69, 9.17) is 29.9 Å². The molecule has 6 aromatic heterocycles. The van der Waals surface area contributed by atoms with Crippen molar-refractivity contribution in [3.05, 3.63) is 467 Å². The van der Waals surface area contributed by atoms with Gasteiger partial charge in [-0.1, -0.05) is 364 Å². The Morgan fingerprint density at radius 2 is 0.318 bits per heavy atom. The van der Waals surface area contributed by atoms with Crippen LogP contribution in [0.5, 0.6) is 0 Å². The first-order chi connectivity index (χ1) is 63.9. The Morgan fingerprint density at radius 3 is 0.597 bits per heavy atom. The van der Waals surface area contributed by atoms with Crippen LogP contribution in [0.25, 0.3) is 239 Å². The number of hydrogen-bond acceptors (Lipinski definition) is 6. The Morgan fingerprint density at radius 1 is 0.124 bits per heavy atom. The molecule has 0 atom stereocenters. The molecule has 0 N–H and O–H groups in total. The van der Waals surface area contributed by atoms with Crippen LogP contribution in [-0.4, -0.2) is 43.6 Å². The quantitative estimate of drug-likeness (QED) is 0.101. The molecule has 20 aromatic carbocycles. The highest BCUT2D eigenvalue weighted by atomic mass is 15.0.